The first-order valence-electron chi connectivity index (χ1n) is 8.79. The quantitative estimate of drug-likeness (QED) is 0.613. The maximum atomic E-state index is 12.4. The van der Waals surface area contributed by atoms with Gasteiger partial charge in [0, 0.05) is 46.9 Å². The van der Waals surface area contributed by atoms with Crippen molar-refractivity contribution in [1.82, 2.24) is 9.88 Å². The molecule has 0 atom stereocenters. The van der Waals surface area contributed by atoms with E-state index in [9.17, 15) is 4.79 Å². The minimum atomic E-state index is 0.0829. The predicted octanol–water partition coefficient (Wildman–Crippen LogP) is 5.09. The average molecular weight is 412 g/mol. The van der Waals surface area contributed by atoms with Crippen LogP contribution in [0.3, 0.4) is 0 Å². The molecule has 5 heteroatoms. The Morgan fingerprint density at radius 3 is 2.50 bits per heavy atom. The number of anilines is 1. The lowest BCUT2D eigenvalue weighted by Gasteiger charge is -2.18. The molecular formula is C21H22BrN3O. The largest absolute Gasteiger partial charge is 0.380 e. The first-order chi connectivity index (χ1) is 12.6. The van der Waals surface area contributed by atoms with Crippen LogP contribution < -0.4 is 5.32 Å². The van der Waals surface area contributed by atoms with E-state index in [2.05, 4.69) is 32.3 Å². The first kappa shape index (κ1) is 18.4. The Morgan fingerprint density at radius 2 is 1.81 bits per heavy atom. The number of carbonyl (C=O) groups excluding carboxylic acids is 1. The van der Waals surface area contributed by atoms with E-state index in [0.29, 0.717) is 6.54 Å². The number of para-hydroxylation sites is 1. The Hall–Kier alpha value is -2.40. The second-order valence-corrected chi connectivity index (χ2v) is 6.88. The van der Waals surface area contributed by atoms with Gasteiger partial charge in [-0.2, -0.15) is 0 Å². The molecule has 1 N–H and O–H groups in total. The summed E-state index contributed by atoms with van der Waals surface area (Å²) in [6, 6.07) is 15.8. The fraction of sp³-hybridized carbons (Fsp3) is 0.238. The van der Waals surface area contributed by atoms with Gasteiger partial charge in [0.15, 0.2) is 0 Å². The summed E-state index contributed by atoms with van der Waals surface area (Å²) in [6.07, 6.45) is 1.81. The van der Waals surface area contributed by atoms with Gasteiger partial charge in [-0.3, -0.25) is 9.78 Å². The molecule has 1 heterocycles. The summed E-state index contributed by atoms with van der Waals surface area (Å²) in [7, 11) is 0. The molecule has 1 aromatic heterocycles. The topological polar surface area (TPSA) is 45.2 Å². The Bertz CT molecular complexity index is 905. The third kappa shape index (κ3) is 3.88. The smallest absolute Gasteiger partial charge is 0.253 e. The van der Waals surface area contributed by atoms with Crippen molar-refractivity contribution in [2.24, 2.45) is 0 Å². The number of pyridine rings is 1. The number of fused-ring (bicyclic) bond motifs is 1. The highest BCUT2D eigenvalue weighted by atomic mass is 79.9. The predicted molar refractivity (Wildman–Crippen MR) is 110 cm³/mol. The zero-order valence-electron chi connectivity index (χ0n) is 15.0. The van der Waals surface area contributed by atoms with Gasteiger partial charge in [-0.05, 0) is 59.6 Å². The molecule has 0 aliphatic heterocycles. The standard InChI is InChI=1S/C21H22BrN3O/c1-3-25(4-2)21(26)16-10-8-15(9-11-16)14-24-19-12-13-23-20-17(19)6-5-7-18(20)22/h5-13H,3-4,14H2,1-2H3,(H,23,24). The van der Waals surface area contributed by atoms with Gasteiger partial charge in [0.2, 0.25) is 0 Å². The molecule has 0 bridgehead atoms. The third-order valence-electron chi connectivity index (χ3n) is 4.46. The van der Waals surface area contributed by atoms with Crippen molar-refractivity contribution < 1.29 is 4.79 Å². The summed E-state index contributed by atoms with van der Waals surface area (Å²) in [6.45, 7) is 6.13. The summed E-state index contributed by atoms with van der Waals surface area (Å²) >= 11 is 3.55. The number of carbonyl (C=O) groups is 1. The van der Waals surface area contributed by atoms with E-state index in [0.717, 1.165) is 45.3 Å². The molecule has 26 heavy (non-hydrogen) atoms. The fourth-order valence-corrected chi connectivity index (χ4v) is 3.42. The van der Waals surface area contributed by atoms with Crippen LogP contribution in [0.15, 0.2) is 59.2 Å². The number of aromatic nitrogens is 1. The molecule has 0 fully saturated rings. The van der Waals surface area contributed by atoms with Crippen LogP contribution >= 0.6 is 15.9 Å². The van der Waals surface area contributed by atoms with Crippen molar-refractivity contribution in [3.63, 3.8) is 0 Å². The van der Waals surface area contributed by atoms with Gasteiger partial charge >= 0.3 is 0 Å². The summed E-state index contributed by atoms with van der Waals surface area (Å²) in [4.78, 5) is 18.6. The van der Waals surface area contributed by atoms with Crippen LogP contribution in [0.4, 0.5) is 5.69 Å². The number of benzene rings is 2. The first-order valence-corrected chi connectivity index (χ1v) is 9.58. The van der Waals surface area contributed by atoms with E-state index in [4.69, 9.17) is 0 Å². The second-order valence-electron chi connectivity index (χ2n) is 6.02. The molecule has 3 rings (SSSR count). The molecule has 3 aromatic rings. The number of amides is 1. The van der Waals surface area contributed by atoms with Crippen LogP contribution in [-0.4, -0.2) is 28.9 Å². The molecule has 134 valence electrons. The summed E-state index contributed by atoms with van der Waals surface area (Å²) in [5.74, 6) is 0.0829. The number of hydrogen-bond acceptors (Lipinski definition) is 3. The molecule has 0 saturated heterocycles. The number of nitrogens with zero attached hydrogens (tertiary/aromatic N) is 2. The van der Waals surface area contributed by atoms with Crippen LogP contribution in [-0.2, 0) is 6.54 Å². The molecule has 0 saturated carbocycles. The molecule has 0 radical (unpaired) electrons. The molecule has 2 aromatic carbocycles. The van der Waals surface area contributed by atoms with Crippen molar-refractivity contribution in [2.45, 2.75) is 20.4 Å². The van der Waals surface area contributed by atoms with Crippen molar-refractivity contribution in [3.8, 4) is 0 Å². The lowest BCUT2D eigenvalue weighted by atomic mass is 10.1. The SMILES string of the molecule is CCN(CC)C(=O)c1ccc(CNc2ccnc3c(Br)cccc23)cc1. The van der Waals surface area contributed by atoms with E-state index in [1.165, 1.54) is 0 Å². The van der Waals surface area contributed by atoms with Crippen LogP contribution in [0, 0.1) is 0 Å². The number of rotatable bonds is 6. The Kier molecular flexibility index (Phi) is 5.89. The van der Waals surface area contributed by atoms with Gasteiger partial charge in [-0.25, -0.2) is 0 Å². The fourth-order valence-electron chi connectivity index (χ4n) is 2.95. The molecule has 0 aliphatic rings. The summed E-state index contributed by atoms with van der Waals surface area (Å²) < 4.78 is 0.984. The monoisotopic (exact) mass is 411 g/mol. The van der Waals surface area contributed by atoms with Crippen molar-refractivity contribution >= 4 is 38.4 Å². The molecule has 1 amide bonds. The van der Waals surface area contributed by atoms with E-state index in [-0.39, 0.29) is 5.91 Å². The molecule has 0 spiro atoms. The van der Waals surface area contributed by atoms with E-state index in [1.807, 2.05) is 61.2 Å². The van der Waals surface area contributed by atoms with Gasteiger partial charge in [0.1, 0.15) is 0 Å². The van der Waals surface area contributed by atoms with Crippen molar-refractivity contribution in [3.05, 3.63) is 70.3 Å². The molecule has 0 aliphatic carbocycles. The highest BCUT2D eigenvalue weighted by molar-refractivity contribution is 9.10. The molecule has 4 nitrogen and oxygen atoms in total. The molecule has 0 unspecified atom stereocenters. The van der Waals surface area contributed by atoms with Gasteiger partial charge in [0.05, 0.1) is 5.52 Å². The second kappa shape index (κ2) is 8.32. The maximum absolute atomic E-state index is 12.4. The van der Waals surface area contributed by atoms with E-state index < -0.39 is 0 Å². The maximum Gasteiger partial charge on any atom is 0.253 e. The Balaban J connectivity index is 1.73. The van der Waals surface area contributed by atoms with Gasteiger partial charge in [0.25, 0.3) is 5.91 Å². The van der Waals surface area contributed by atoms with Crippen molar-refractivity contribution in [1.29, 1.82) is 0 Å². The Labute approximate surface area is 162 Å². The summed E-state index contributed by atoms with van der Waals surface area (Å²) in [5.41, 5.74) is 3.84. The van der Waals surface area contributed by atoms with E-state index >= 15 is 0 Å². The zero-order valence-corrected chi connectivity index (χ0v) is 16.6. The lowest BCUT2D eigenvalue weighted by Crippen LogP contribution is -2.30. The minimum absolute atomic E-state index is 0.0829. The highest BCUT2D eigenvalue weighted by Crippen LogP contribution is 2.27. The van der Waals surface area contributed by atoms with Crippen LogP contribution in [0.5, 0.6) is 0 Å². The van der Waals surface area contributed by atoms with Gasteiger partial charge in [-0.1, -0.05) is 24.3 Å². The third-order valence-corrected chi connectivity index (χ3v) is 5.10. The normalized spacial score (nSPS) is 10.7. The molecular weight excluding hydrogens is 390 g/mol. The lowest BCUT2D eigenvalue weighted by molar-refractivity contribution is 0.0773. The van der Waals surface area contributed by atoms with Gasteiger partial charge < -0.3 is 10.2 Å². The van der Waals surface area contributed by atoms with Crippen molar-refractivity contribution in [2.75, 3.05) is 18.4 Å². The Morgan fingerprint density at radius 1 is 1.08 bits per heavy atom. The van der Waals surface area contributed by atoms with Crippen LogP contribution in [0.25, 0.3) is 10.9 Å². The van der Waals surface area contributed by atoms with E-state index in [1.54, 1.807) is 6.20 Å². The summed E-state index contributed by atoms with van der Waals surface area (Å²) in [5, 5.41) is 4.55. The number of nitrogens with one attached hydrogen (secondary N) is 1. The van der Waals surface area contributed by atoms with Crippen LogP contribution in [0.2, 0.25) is 0 Å². The van der Waals surface area contributed by atoms with Gasteiger partial charge in [-0.15, -0.1) is 0 Å². The number of halogens is 1. The van der Waals surface area contributed by atoms with Crippen LogP contribution in [0.1, 0.15) is 29.8 Å². The minimum Gasteiger partial charge on any atom is -0.380 e. The number of hydrogen-bond donors (Lipinski definition) is 1. The average Bonchev–Trinajstić information content (AvgIpc) is 2.68. The zero-order chi connectivity index (χ0) is 18.5. The highest BCUT2D eigenvalue weighted by Gasteiger charge is 2.12.